The van der Waals surface area contributed by atoms with Crippen LogP contribution in [0.25, 0.3) is 0 Å². The molecule has 2 aliphatic rings. The molecule has 1 atom stereocenters. The van der Waals surface area contributed by atoms with E-state index in [0.29, 0.717) is 23.0 Å². The Kier molecular flexibility index (Phi) is 3.62. The normalized spacial score (nSPS) is 19.2. The number of carbonyl (C=O) groups excluding carboxylic acids is 1. The monoisotopic (exact) mass is 329 g/mol. The molecule has 1 fully saturated rings. The lowest BCUT2D eigenvalue weighted by Crippen LogP contribution is -2.28. The molecular formula is C18H16ClNO3. The van der Waals surface area contributed by atoms with Gasteiger partial charge in [0.05, 0.1) is 10.6 Å². The SMILES string of the molecule is O=C(c1ccccc1Cl)N1CCC(c2ccc3c(c2)OCO3)C1. The summed E-state index contributed by atoms with van der Waals surface area (Å²) in [6.07, 6.45) is 0.940. The molecule has 2 heterocycles. The van der Waals surface area contributed by atoms with E-state index >= 15 is 0 Å². The maximum Gasteiger partial charge on any atom is 0.255 e. The van der Waals surface area contributed by atoms with Crippen molar-refractivity contribution < 1.29 is 14.3 Å². The van der Waals surface area contributed by atoms with E-state index < -0.39 is 0 Å². The maximum absolute atomic E-state index is 12.6. The van der Waals surface area contributed by atoms with Crippen LogP contribution in [-0.4, -0.2) is 30.7 Å². The van der Waals surface area contributed by atoms with Crippen LogP contribution in [0, 0.1) is 0 Å². The Balaban J connectivity index is 1.51. The van der Waals surface area contributed by atoms with Crippen LogP contribution in [-0.2, 0) is 0 Å². The molecule has 1 saturated heterocycles. The molecule has 2 aliphatic heterocycles. The van der Waals surface area contributed by atoms with Crippen molar-refractivity contribution in [3.8, 4) is 11.5 Å². The average molecular weight is 330 g/mol. The molecule has 118 valence electrons. The zero-order valence-corrected chi connectivity index (χ0v) is 13.3. The van der Waals surface area contributed by atoms with Crippen LogP contribution < -0.4 is 9.47 Å². The van der Waals surface area contributed by atoms with Gasteiger partial charge in [-0.25, -0.2) is 0 Å². The van der Waals surface area contributed by atoms with Gasteiger partial charge in [-0.1, -0.05) is 29.8 Å². The molecule has 4 rings (SSSR count). The van der Waals surface area contributed by atoms with E-state index in [4.69, 9.17) is 21.1 Å². The summed E-state index contributed by atoms with van der Waals surface area (Å²) >= 11 is 6.14. The average Bonchev–Trinajstić information content (AvgIpc) is 3.23. The fourth-order valence-electron chi connectivity index (χ4n) is 3.19. The van der Waals surface area contributed by atoms with Gasteiger partial charge in [0.2, 0.25) is 6.79 Å². The Bertz CT molecular complexity index is 762. The molecule has 0 radical (unpaired) electrons. The summed E-state index contributed by atoms with van der Waals surface area (Å²) in [6, 6.07) is 13.2. The summed E-state index contributed by atoms with van der Waals surface area (Å²) in [6.45, 7) is 1.72. The van der Waals surface area contributed by atoms with Crippen molar-refractivity contribution in [3.63, 3.8) is 0 Å². The summed E-state index contributed by atoms with van der Waals surface area (Å²) in [5.41, 5.74) is 1.75. The Morgan fingerprint density at radius 3 is 2.83 bits per heavy atom. The molecule has 0 N–H and O–H groups in total. The summed E-state index contributed by atoms with van der Waals surface area (Å²) < 4.78 is 10.8. The largest absolute Gasteiger partial charge is 0.454 e. The third kappa shape index (κ3) is 2.63. The minimum atomic E-state index is -0.00107. The number of fused-ring (bicyclic) bond motifs is 1. The minimum Gasteiger partial charge on any atom is -0.454 e. The van der Waals surface area contributed by atoms with Gasteiger partial charge in [-0.2, -0.15) is 0 Å². The number of ether oxygens (including phenoxy) is 2. The number of hydrogen-bond acceptors (Lipinski definition) is 3. The van der Waals surface area contributed by atoms with Crippen molar-refractivity contribution in [1.29, 1.82) is 0 Å². The number of halogens is 1. The van der Waals surface area contributed by atoms with Crippen molar-refractivity contribution >= 4 is 17.5 Å². The fraction of sp³-hybridized carbons (Fsp3) is 0.278. The van der Waals surface area contributed by atoms with Gasteiger partial charge in [-0.3, -0.25) is 4.79 Å². The molecular weight excluding hydrogens is 314 g/mol. The third-order valence-electron chi connectivity index (χ3n) is 4.45. The van der Waals surface area contributed by atoms with Crippen molar-refractivity contribution in [3.05, 3.63) is 58.6 Å². The number of likely N-dealkylation sites (tertiary alicyclic amines) is 1. The maximum atomic E-state index is 12.6. The topological polar surface area (TPSA) is 38.8 Å². The molecule has 2 aromatic carbocycles. The first-order chi connectivity index (χ1) is 11.2. The number of rotatable bonds is 2. The van der Waals surface area contributed by atoms with E-state index in [0.717, 1.165) is 24.5 Å². The molecule has 0 spiro atoms. The van der Waals surface area contributed by atoms with Crippen LogP contribution >= 0.6 is 11.6 Å². The number of amides is 1. The second kappa shape index (κ2) is 5.78. The van der Waals surface area contributed by atoms with Crippen LogP contribution in [0.3, 0.4) is 0 Å². The van der Waals surface area contributed by atoms with Crippen LogP contribution in [0.1, 0.15) is 28.3 Å². The molecule has 0 aromatic heterocycles. The van der Waals surface area contributed by atoms with Gasteiger partial charge in [0.15, 0.2) is 11.5 Å². The van der Waals surface area contributed by atoms with Gasteiger partial charge < -0.3 is 14.4 Å². The first-order valence-corrected chi connectivity index (χ1v) is 8.03. The lowest BCUT2D eigenvalue weighted by molar-refractivity contribution is 0.0791. The van der Waals surface area contributed by atoms with E-state index in [9.17, 15) is 4.79 Å². The van der Waals surface area contributed by atoms with Crippen molar-refractivity contribution in [1.82, 2.24) is 4.90 Å². The van der Waals surface area contributed by atoms with E-state index in [-0.39, 0.29) is 12.7 Å². The first kappa shape index (κ1) is 14.4. The first-order valence-electron chi connectivity index (χ1n) is 7.66. The standard InChI is InChI=1S/C18H16ClNO3/c19-15-4-2-1-3-14(15)18(21)20-8-7-13(10-20)12-5-6-16-17(9-12)23-11-22-16/h1-6,9,13H,7-8,10-11H2. The van der Waals surface area contributed by atoms with Crippen LogP contribution in [0.5, 0.6) is 11.5 Å². The minimum absolute atomic E-state index is 0.00107. The molecule has 1 amide bonds. The zero-order valence-electron chi connectivity index (χ0n) is 12.5. The van der Waals surface area contributed by atoms with E-state index in [2.05, 4.69) is 6.07 Å². The quantitative estimate of drug-likeness (QED) is 0.843. The molecule has 0 bridgehead atoms. The number of nitrogens with zero attached hydrogens (tertiary/aromatic N) is 1. The van der Waals surface area contributed by atoms with Gasteiger partial charge in [0.1, 0.15) is 0 Å². The highest BCUT2D eigenvalue weighted by Gasteiger charge is 2.29. The summed E-state index contributed by atoms with van der Waals surface area (Å²) in [5, 5.41) is 0.504. The fourth-order valence-corrected chi connectivity index (χ4v) is 3.41. The highest BCUT2D eigenvalue weighted by Crippen LogP contribution is 2.37. The van der Waals surface area contributed by atoms with E-state index in [1.807, 2.05) is 29.2 Å². The second-order valence-corrected chi connectivity index (χ2v) is 6.24. The van der Waals surface area contributed by atoms with Gasteiger partial charge in [-0.05, 0) is 36.2 Å². The molecule has 1 unspecified atom stereocenters. The van der Waals surface area contributed by atoms with Crippen LogP contribution in [0.15, 0.2) is 42.5 Å². The van der Waals surface area contributed by atoms with Crippen molar-refractivity contribution in [2.24, 2.45) is 0 Å². The molecule has 0 aliphatic carbocycles. The van der Waals surface area contributed by atoms with Gasteiger partial charge >= 0.3 is 0 Å². The lowest BCUT2D eigenvalue weighted by atomic mass is 9.98. The number of benzene rings is 2. The molecule has 2 aromatic rings. The van der Waals surface area contributed by atoms with Crippen molar-refractivity contribution in [2.45, 2.75) is 12.3 Å². The predicted molar refractivity (Wildman–Crippen MR) is 87.3 cm³/mol. The van der Waals surface area contributed by atoms with Crippen LogP contribution in [0.2, 0.25) is 5.02 Å². The zero-order chi connectivity index (χ0) is 15.8. The Labute approximate surface area is 139 Å². The summed E-state index contributed by atoms with van der Waals surface area (Å²) in [5.74, 6) is 1.89. The summed E-state index contributed by atoms with van der Waals surface area (Å²) in [4.78, 5) is 14.5. The van der Waals surface area contributed by atoms with E-state index in [1.54, 1.807) is 12.1 Å². The Morgan fingerprint density at radius 1 is 1.13 bits per heavy atom. The lowest BCUT2D eigenvalue weighted by Gasteiger charge is -2.17. The highest BCUT2D eigenvalue weighted by atomic mass is 35.5. The molecule has 5 heteroatoms. The second-order valence-electron chi connectivity index (χ2n) is 5.83. The van der Waals surface area contributed by atoms with Gasteiger partial charge in [-0.15, -0.1) is 0 Å². The Hall–Kier alpha value is -2.20. The van der Waals surface area contributed by atoms with Crippen molar-refractivity contribution in [2.75, 3.05) is 19.9 Å². The molecule has 0 saturated carbocycles. The van der Waals surface area contributed by atoms with Gasteiger partial charge in [0, 0.05) is 19.0 Å². The Morgan fingerprint density at radius 2 is 1.96 bits per heavy atom. The van der Waals surface area contributed by atoms with Crippen LogP contribution in [0.4, 0.5) is 0 Å². The van der Waals surface area contributed by atoms with Gasteiger partial charge in [0.25, 0.3) is 5.91 Å². The predicted octanol–water partition coefficient (Wildman–Crippen LogP) is 3.70. The summed E-state index contributed by atoms with van der Waals surface area (Å²) in [7, 11) is 0. The highest BCUT2D eigenvalue weighted by molar-refractivity contribution is 6.33. The number of hydrogen-bond donors (Lipinski definition) is 0. The smallest absolute Gasteiger partial charge is 0.255 e. The van der Waals surface area contributed by atoms with E-state index in [1.165, 1.54) is 5.56 Å². The molecule has 4 nitrogen and oxygen atoms in total. The third-order valence-corrected chi connectivity index (χ3v) is 4.78. The molecule has 23 heavy (non-hydrogen) atoms. The number of carbonyl (C=O) groups is 1.